The van der Waals surface area contributed by atoms with E-state index < -0.39 is 9.84 Å². The van der Waals surface area contributed by atoms with Crippen LogP contribution in [-0.4, -0.2) is 20.2 Å². The van der Waals surface area contributed by atoms with Crippen molar-refractivity contribution in [1.82, 2.24) is 0 Å². The fourth-order valence-corrected chi connectivity index (χ4v) is 4.25. The monoisotopic (exact) mass is 267 g/mol. The summed E-state index contributed by atoms with van der Waals surface area (Å²) in [4.78, 5) is 0.464. The van der Waals surface area contributed by atoms with E-state index in [9.17, 15) is 8.42 Å². The largest absolute Gasteiger partial charge is 0.380 e. The summed E-state index contributed by atoms with van der Waals surface area (Å²) in [5.41, 5.74) is 1.90. The molecular formula is C14H21NO2S. The average molecular weight is 267 g/mol. The average Bonchev–Trinajstić information content (AvgIpc) is 2.27. The molecule has 2 rings (SSSR count). The van der Waals surface area contributed by atoms with Gasteiger partial charge in [-0.15, -0.1) is 0 Å². The van der Waals surface area contributed by atoms with E-state index >= 15 is 0 Å². The highest BCUT2D eigenvalue weighted by atomic mass is 32.2. The number of fused-ring (bicyclic) bond motifs is 1. The number of rotatable bonds is 2. The predicted molar refractivity (Wildman–Crippen MR) is 74.8 cm³/mol. The summed E-state index contributed by atoms with van der Waals surface area (Å²) in [6.07, 6.45) is 0. The Morgan fingerprint density at radius 2 is 1.89 bits per heavy atom. The van der Waals surface area contributed by atoms with Crippen molar-refractivity contribution < 1.29 is 8.42 Å². The standard InChI is InChI=1S/C14H21NO2S/c1-9(2)11-6-5-7-13-14(11)15-12(10(3)4)8-18(13,16)17/h5-7,9-10,12,15H,8H2,1-4H3. The molecule has 1 N–H and O–H groups in total. The fourth-order valence-electron chi connectivity index (χ4n) is 2.36. The number of sulfone groups is 1. The zero-order valence-electron chi connectivity index (χ0n) is 11.4. The van der Waals surface area contributed by atoms with Gasteiger partial charge < -0.3 is 5.32 Å². The van der Waals surface area contributed by atoms with Crippen molar-refractivity contribution in [1.29, 1.82) is 0 Å². The number of benzene rings is 1. The van der Waals surface area contributed by atoms with Crippen molar-refractivity contribution in [3.8, 4) is 0 Å². The van der Waals surface area contributed by atoms with Crippen LogP contribution in [0.3, 0.4) is 0 Å². The van der Waals surface area contributed by atoms with Gasteiger partial charge in [0.25, 0.3) is 0 Å². The number of anilines is 1. The fraction of sp³-hybridized carbons (Fsp3) is 0.571. The molecule has 1 atom stereocenters. The highest BCUT2D eigenvalue weighted by molar-refractivity contribution is 7.91. The van der Waals surface area contributed by atoms with Crippen LogP contribution in [0.1, 0.15) is 39.2 Å². The summed E-state index contributed by atoms with van der Waals surface area (Å²) in [7, 11) is -3.15. The summed E-state index contributed by atoms with van der Waals surface area (Å²) in [5, 5.41) is 3.42. The molecule has 1 aliphatic rings. The molecule has 1 heterocycles. The minimum Gasteiger partial charge on any atom is -0.380 e. The molecule has 0 bridgehead atoms. The lowest BCUT2D eigenvalue weighted by Gasteiger charge is -2.31. The Hall–Kier alpha value is -1.03. The Balaban J connectivity index is 2.60. The summed E-state index contributed by atoms with van der Waals surface area (Å²) >= 11 is 0. The minimum atomic E-state index is -3.15. The second kappa shape index (κ2) is 4.57. The van der Waals surface area contributed by atoms with Crippen LogP contribution in [0.5, 0.6) is 0 Å². The van der Waals surface area contributed by atoms with Crippen molar-refractivity contribution in [2.45, 2.75) is 44.6 Å². The van der Waals surface area contributed by atoms with Gasteiger partial charge in [0.1, 0.15) is 0 Å². The molecule has 1 aromatic carbocycles. The molecule has 3 nitrogen and oxygen atoms in total. The highest BCUT2D eigenvalue weighted by Gasteiger charge is 2.32. The normalized spacial score (nSPS) is 21.8. The van der Waals surface area contributed by atoms with E-state index in [0.717, 1.165) is 11.3 Å². The molecule has 1 aliphatic heterocycles. The van der Waals surface area contributed by atoms with Crippen LogP contribution in [0, 0.1) is 5.92 Å². The summed E-state index contributed by atoms with van der Waals surface area (Å²) in [5.74, 6) is 0.806. The second-order valence-electron chi connectivity index (χ2n) is 5.65. The first-order chi connectivity index (χ1) is 8.33. The molecule has 0 aliphatic carbocycles. The predicted octanol–water partition coefficient (Wildman–Crippen LogP) is 3.03. The van der Waals surface area contributed by atoms with Crippen LogP contribution in [0.25, 0.3) is 0 Å². The van der Waals surface area contributed by atoms with E-state index in [1.807, 2.05) is 12.1 Å². The van der Waals surface area contributed by atoms with Crippen LogP contribution < -0.4 is 5.32 Å². The van der Waals surface area contributed by atoms with Gasteiger partial charge in [-0.3, -0.25) is 0 Å². The Kier molecular flexibility index (Phi) is 3.41. The van der Waals surface area contributed by atoms with Gasteiger partial charge in [-0.25, -0.2) is 8.42 Å². The molecule has 1 unspecified atom stereocenters. The first-order valence-corrected chi connectivity index (χ1v) is 8.10. The Morgan fingerprint density at radius 3 is 2.44 bits per heavy atom. The number of para-hydroxylation sites is 1. The van der Waals surface area contributed by atoms with Crippen LogP contribution in [0.2, 0.25) is 0 Å². The van der Waals surface area contributed by atoms with Crippen molar-refractivity contribution in [3.63, 3.8) is 0 Å². The molecule has 0 saturated heterocycles. The Morgan fingerprint density at radius 1 is 1.22 bits per heavy atom. The SMILES string of the molecule is CC(C)c1cccc2c1NC(C(C)C)CS2(=O)=O. The van der Waals surface area contributed by atoms with Gasteiger partial charge in [-0.2, -0.15) is 0 Å². The molecule has 0 aromatic heterocycles. The van der Waals surface area contributed by atoms with Gasteiger partial charge >= 0.3 is 0 Å². The van der Waals surface area contributed by atoms with E-state index in [0.29, 0.717) is 16.7 Å². The van der Waals surface area contributed by atoms with E-state index in [1.54, 1.807) is 6.07 Å². The van der Waals surface area contributed by atoms with Crippen LogP contribution in [-0.2, 0) is 9.84 Å². The smallest absolute Gasteiger partial charge is 0.182 e. The molecular weight excluding hydrogens is 246 g/mol. The first kappa shape index (κ1) is 13.4. The summed E-state index contributed by atoms with van der Waals surface area (Å²) in [6, 6.07) is 5.56. The molecule has 0 amide bonds. The maximum absolute atomic E-state index is 12.3. The molecule has 100 valence electrons. The minimum absolute atomic E-state index is 0.00222. The van der Waals surface area contributed by atoms with Crippen LogP contribution in [0.4, 0.5) is 5.69 Å². The molecule has 0 saturated carbocycles. The maximum Gasteiger partial charge on any atom is 0.182 e. The summed E-state index contributed by atoms with van der Waals surface area (Å²) in [6.45, 7) is 8.28. The number of hydrogen-bond donors (Lipinski definition) is 1. The van der Waals surface area contributed by atoms with Gasteiger partial charge in [0.2, 0.25) is 0 Å². The third-order valence-corrected chi connectivity index (χ3v) is 5.36. The van der Waals surface area contributed by atoms with Crippen molar-refractivity contribution in [3.05, 3.63) is 23.8 Å². The third-order valence-electron chi connectivity index (χ3n) is 3.55. The lowest BCUT2D eigenvalue weighted by atomic mass is 9.99. The van der Waals surface area contributed by atoms with Crippen LogP contribution >= 0.6 is 0 Å². The Bertz CT molecular complexity index is 547. The van der Waals surface area contributed by atoms with Crippen molar-refractivity contribution in [2.75, 3.05) is 11.1 Å². The highest BCUT2D eigenvalue weighted by Crippen LogP contribution is 2.36. The molecule has 4 heteroatoms. The number of hydrogen-bond acceptors (Lipinski definition) is 3. The van der Waals surface area contributed by atoms with Crippen molar-refractivity contribution in [2.24, 2.45) is 5.92 Å². The molecule has 0 spiro atoms. The molecule has 0 radical (unpaired) electrons. The zero-order valence-corrected chi connectivity index (χ0v) is 12.2. The maximum atomic E-state index is 12.3. The van der Waals surface area contributed by atoms with E-state index in [4.69, 9.17) is 0 Å². The first-order valence-electron chi connectivity index (χ1n) is 6.45. The molecule has 0 fully saturated rings. The zero-order chi connectivity index (χ0) is 13.5. The molecule has 18 heavy (non-hydrogen) atoms. The van der Waals surface area contributed by atoms with Gasteiger partial charge in [-0.1, -0.05) is 39.8 Å². The summed E-state index contributed by atoms with van der Waals surface area (Å²) < 4.78 is 24.6. The van der Waals surface area contributed by atoms with E-state index in [-0.39, 0.29) is 11.8 Å². The van der Waals surface area contributed by atoms with Gasteiger partial charge in [0.05, 0.1) is 16.3 Å². The van der Waals surface area contributed by atoms with E-state index in [2.05, 4.69) is 33.0 Å². The van der Waals surface area contributed by atoms with Gasteiger partial charge in [0.15, 0.2) is 9.84 Å². The molecule has 1 aromatic rings. The van der Waals surface area contributed by atoms with E-state index in [1.165, 1.54) is 0 Å². The van der Waals surface area contributed by atoms with Gasteiger partial charge in [-0.05, 0) is 23.5 Å². The quantitative estimate of drug-likeness (QED) is 0.896. The number of nitrogens with one attached hydrogen (secondary N) is 1. The lowest BCUT2D eigenvalue weighted by molar-refractivity contribution is 0.530. The van der Waals surface area contributed by atoms with Crippen molar-refractivity contribution >= 4 is 15.5 Å². The van der Waals surface area contributed by atoms with Crippen LogP contribution in [0.15, 0.2) is 23.1 Å². The lowest BCUT2D eigenvalue weighted by Crippen LogP contribution is -2.38. The topological polar surface area (TPSA) is 46.2 Å². The Labute approximate surface area is 110 Å². The van der Waals surface area contributed by atoms with Gasteiger partial charge in [0, 0.05) is 6.04 Å². The second-order valence-corrected chi connectivity index (χ2v) is 7.65. The third kappa shape index (κ3) is 2.26.